The van der Waals surface area contributed by atoms with Crippen LogP contribution < -0.4 is 5.32 Å². The van der Waals surface area contributed by atoms with Gasteiger partial charge >= 0.3 is 0 Å². The van der Waals surface area contributed by atoms with Crippen molar-refractivity contribution in [3.63, 3.8) is 0 Å². The fourth-order valence-corrected chi connectivity index (χ4v) is 1.76. The summed E-state index contributed by atoms with van der Waals surface area (Å²) in [5.74, 6) is 0.217. The van der Waals surface area contributed by atoms with Crippen LogP contribution in [0.25, 0.3) is 5.69 Å². The van der Waals surface area contributed by atoms with E-state index >= 15 is 0 Å². The van der Waals surface area contributed by atoms with E-state index in [2.05, 4.69) is 20.8 Å². The highest BCUT2D eigenvalue weighted by Crippen LogP contribution is 2.17. The lowest BCUT2D eigenvalue weighted by Gasteiger charge is -2.09. The van der Waals surface area contributed by atoms with Gasteiger partial charge in [-0.1, -0.05) is 12.1 Å². The van der Waals surface area contributed by atoms with Crippen molar-refractivity contribution >= 4 is 0 Å². The summed E-state index contributed by atoms with van der Waals surface area (Å²) in [6.07, 6.45) is 0. The highest BCUT2D eigenvalue weighted by Gasteiger charge is 2.14. The van der Waals surface area contributed by atoms with Crippen molar-refractivity contribution in [3.8, 4) is 5.69 Å². The maximum Gasteiger partial charge on any atom is 0.170 e. The lowest BCUT2D eigenvalue weighted by Crippen LogP contribution is -2.21. The molecule has 0 bridgehead atoms. The van der Waals surface area contributed by atoms with E-state index in [0.717, 1.165) is 5.56 Å². The number of methoxy groups -OCH3 is 1. The van der Waals surface area contributed by atoms with Crippen molar-refractivity contribution in [2.24, 2.45) is 0 Å². The number of tetrazole rings is 1. The zero-order chi connectivity index (χ0) is 13.7. The molecule has 0 saturated carbocycles. The van der Waals surface area contributed by atoms with Crippen LogP contribution in [0.4, 0.5) is 4.39 Å². The van der Waals surface area contributed by atoms with E-state index in [9.17, 15) is 4.39 Å². The maximum atomic E-state index is 13.9. The Morgan fingerprint density at radius 3 is 3.00 bits per heavy atom. The van der Waals surface area contributed by atoms with Crippen LogP contribution in [0.3, 0.4) is 0 Å². The van der Waals surface area contributed by atoms with Gasteiger partial charge in [-0.25, -0.2) is 4.39 Å². The molecule has 1 N–H and O–H groups in total. The van der Waals surface area contributed by atoms with E-state index in [-0.39, 0.29) is 5.82 Å². The quantitative estimate of drug-likeness (QED) is 0.784. The zero-order valence-corrected chi connectivity index (χ0v) is 10.9. The summed E-state index contributed by atoms with van der Waals surface area (Å²) < 4.78 is 20.2. The van der Waals surface area contributed by atoms with E-state index in [1.54, 1.807) is 13.2 Å². The SMILES string of the molecule is COCCNCc1nnnn1-c1c(C)cccc1F. The Morgan fingerprint density at radius 1 is 1.42 bits per heavy atom. The van der Waals surface area contributed by atoms with Crippen molar-refractivity contribution in [2.45, 2.75) is 13.5 Å². The van der Waals surface area contributed by atoms with Crippen molar-refractivity contribution in [1.82, 2.24) is 25.5 Å². The number of rotatable bonds is 6. The lowest BCUT2D eigenvalue weighted by molar-refractivity contribution is 0.199. The number of aromatic nitrogens is 4. The summed E-state index contributed by atoms with van der Waals surface area (Å²) >= 11 is 0. The summed E-state index contributed by atoms with van der Waals surface area (Å²) in [4.78, 5) is 0. The third-order valence-corrected chi connectivity index (χ3v) is 2.70. The number of benzene rings is 1. The number of nitrogens with one attached hydrogen (secondary N) is 1. The van der Waals surface area contributed by atoms with Gasteiger partial charge in [-0.2, -0.15) is 4.68 Å². The first kappa shape index (κ1) is 13.6. The molecule has 0 radical (unpaired) electrons. The molecule has 0 unspecified atom stereocenters. The Kier molecular flexibility index (Phi) is 4.53. The molecule has 0 atom stereocenters. The second-order valence-corrected chi connectivity index (χ2v) is 4.08. The van der Waals surface area contributed by atoms with E-state index in [4.69, 9.17) is 4.74 Å². The van der Waals surface area contributed by atoms with Crippen molar-refractivity contribution in [2.75, 3.05) is 20.3 Å². The van der Waals surface area contributed by atoms with Gasteiger partial charge in [0.05, 0.1) is 13.2 Å². The first-order valence-corrected chi connectivity index (χ1v) is 5.96. The Labute approximate surface area is 110 Å². The number of halogens is 1. The van der Waals surface area contributed by atoms with E-state index < -0.39 is 0 Å². The molecule has 1 heterocycles. The molecule has 0 fully saturated rings. The normalized spacial score (nSPS) is 10.9. The fraction of sp³-hybridized carbons (Fsp3) is 0.417. The van der Waals surface area contributed by atoms with Gasteiger partial charge in [0.2, 0.25) is 0 Å². The van der Waals surface area contributed by atoms with Gasteiger partial charge in [0.1, 0.15) is 11.5 Å². The average Bonchev–Trinajstić information content (AvgIpc) is 2.83. The highest BCUT2D eigenvalue weighted by atomic mass is 19.1. The molecule has 0 aliphatic rings. The van der Waals surface area contributed by atoms with Crippen LogP contribution in [0.5, 0.6) is 0 Å². The third-order valence-electron chi connectivity index (χ3n) is 2.70. The first-order valence-electron chi connectivity index (χ1n) is 5.96. The smallest absolute Gasteiger partial charge is 0.170 e. The minimum absolute atomic E-state index is 0.342. The standard InChI is InChI=1S/C12H16FN5O/c1-9-4-3-5-10(13)12(9)18-11(15-16-17-18)8-14-6-7-19-2/h3-5,14H,6-8H2,1-2H3. The number of aryl methyl sites for hydroxylation is 1. The van der Waals surface area contributed by atoms with Crippen LogP contribution >= 0.6 is 0 Å². The molecular weight excluding hydrogens is 249 g/mol. The Hall–Kier alpha value is -1.86. The molecule has 1 aromatic heterocycles. The van der Waals surface area contributed by atoms with Crippen LogP contribution in [0.15, 0.2) is 18.2 Å². The van der Waals surface area contributed by atoms with Gasteiger partial charge in [-0.05, 0) is 29.0 Å². The van der Waals surface area contributed by atoms with Gasteiger partial charge in [0, 0.05) is 13.7 Å². The molecular formula is C12H16FN5O. The second kappa shape index (κ2) is 6.35. The molecule has 0 amide bonds. The molecule has 0 saturated heterocycles. The zero-order valence-electron chi connectivity index (χ0n) is 10.9. The monoisotopic (exact) mass is 265 g/mol. The lowest BCUT2D eigenvalue weighted by atomic mass is 10.2. The summed E-state index contributed by atoms with van der Waals surface area (Å²) in [6.45, 7) is 3.55. The molecule has 7 heteroatoms. The molecule has 102 valence electrons. The Bertz CT molecular complexity index is 522. The molecule has 0 aliphatic carbocycles. The van der Waals surface area contributed by atoms with Crippen molar-refractivity contribution < 1.29 is 9.13 Å². The largest absolute Gasteiger partial charge is 0.383 e. The summed E-state index contributed by atoms with van der Waals surface area (Å²) in [5.41, 5.74) is 1.17. The summed E-state index contributed by atoms with van der Waals surface area (Å²) in [5, 5.41) is 14.5. The Balaban J connectivity index is 2.19. The molecule has 19 heavy (non-hydrogen) atoms. The molecule has 0 spiro atoms. The fourth-order valence-electron chi connectivity index (χ4n) is 1.76. The number of hydrogen-bond acceptors (Lipinski definition) is 5. The van der Waals surface area contributed by atoms with Gasteiger partial charge in [-0.15, -0.1) is 5.10 Å². The number of para-hydroxylation sites is 1. The molecule has 6 nitrogen and oxygen atoms in total. The Morgan fingerprint density at radius 2 is 2.26 bits per heavy atom. The average molecular weight is 265 g/mol. The highest BCUT2D eigenvalue weighted by molar-refractivity contribution is 5.41. The summed E-state index contributed by atoms with van der Waals surface area (Å²) in [7, 11) is 1.63. The molecule has 2 rings (SSSR count). The van der Waals surface area contributed by atoms with Crippen LogP contribution in [-0.4, -0.2) is 40.5 Å². The van der Waals surface area contributed by atoms with Crippen molar-refractivity contribution in [3.05, 3.63) is 35.4 Å². The maximum absolute atomic E-state index is 13.9. The second-order valence-electron chi connectivity index (χ2n) is 4.08. The van der Waals surface area contributed by atoms with Crippen molar-refractivity contribution in [1.29, 1.82) is 0 Å². The van der Waals surface area contributed by atoms with Crippen LogP contribution in [0.1, 0.15) is 11.4 Å². The minimum atomic E-state index is -0.342. The van der Waals surface area contributed by atoms with E-state index in [1.165, 1.54) is 10.7 Å². The van der Waals surface area contributed by atoms with E-state index in [1.807, 2.05) is 13.0 Å². The molecule has 0 aliphatic heterocycles. The predicted molar refractivity (Wildman–Crippen MR) is 67.4 cm³/mol. The van der Waals surface area contributed by atoms with Crippen LogP contribution in [-0.2, 0) is 11.3 Å². The number of ether oxygens (including phenoxy) is 1. The number of nitrogens with zero attached hydrogens (tertiary/aromatic N) is 4. The van der Waals surface area contributed by atoms with Gasteiger partial charge in [0.25, 0.3) is 0 Å². The van der Waals surface area contributed by atoms with Crippen LogP contribution in [0, 0.1) is 12.7 Å². The van der Waals surface area contributed by atoms with Crippen LogP contribution in [0.2, 0.25) is 0 Å². The first-order chi connectivity index (χ1) is 9.24. The molecule has 1 aromatic carbocycles. The predicted octanol–water partition coefficient (Wildman–Crippen LogP) is 0.846. The summed E-state index contributed by atoms with van der Waals surface area (Å²) in [6, 6.07) is 4.88. The van der Waals surface area contributed by atoms with Gasteiger partial charge in [-0.3, -0.25) is 0 Å². The minimum Gasteiger partial charge on any atom is -0.383 e. The topological polar surface area (TPSA) is 64.9 Å². The number of hydrogen-bond donors (Lipinski definition) is 1. The third kappa shape index (κ3) is 3.12. The van der Waals surface area contributed by atoms with Gasteiger partial charge < -0.3 is 10.1 Å². The van der Waals surface area contributed by atoms with E-state index in [0.29, 0.717) is 31.2 Å². The molecule has 2 aromatic rings. The van der Waals surface area contributed by atoms with Gasteiger partial charge in [0.15, 0.2) is 5.82 Å².